The Morgan fingerprint density at radius 1 is 1.35 bits per heavy atom. The van der Waals surface area contributed by atoms with E-state index in [0.29, 0.717) is 5.54 Å². The Balaban J connectivity index is 2.01. The first kappa shape index (κ1) is 12.6. The van der Waals surface area contributed by atoms with Gasteiger partial charge in [0.2, 0.25) is 0 Å². The molecule has 1 aromatic rings. The second-order valence-corrected chi connectivity index (χ2v) is 6.58. The Morgan fingerprint density at radius 3 is 2.59 bits per heavy atom. The highest BCUT2D eigenvalue weighted by atomic mass is 15.1. The Hall–Kier alpha value is -0.830. The van der Waals surface area contributed by atoms with E-state index in [9.17, 15) is 0 Å². The van der Waals surface area contributed by atoms with Crippen LogP contribution in [0.3, 0.4) is 0 Å². The maximum Gasteiger partial charge on any atom is 0.0955 e. The van der Waals surface area contributed by atoms with Gasteiger partial charge in [0, 0.05) is 23.8 Å². The van der Waals surface area contributed by atoms with Crippen molar-refractivity contribution >= 4 is 0 Å². The zero-order chi connectivity index (χ0) is 12.5. The van der Waals surface area contributed by atoms with Crippen molar-refractivity contribution < 1.29 is 0 Å². The lowest BCUT2D eigenvalue weighted by molar-refractivity contribution is 0.328. The quantitative estimate of drug-likeness (QED) is 0.872. The second kappa shape index (κ2) is 4.45. The molecule has 17 heavy (non-hydrogen) atoms. The molecule has 1 N–H and O–H groups in total. The lowest BCUT2D eigenvalue weighted by Crippen LogP contribution is -2.35. The molecule has 0 spiro atoms. The number of rotatable bonds is 3. The molecule has 0 aromatic carbocycles. The fourth-order valence-electron chi connectivity index (χ4n) is 2.50. The molecular weight excluding hydrogens is 210 g/mol. The summed E-state index contributed by atoms with van der Waals surface area (Å²) in [6.07, 6.45) is 9.49. The standard InChI is InChI=1S/C14H25N3/c1-13(2,3)16-9-12-10-17(11-15-12)14(4)7-5-6-8-14/h10-11,16H,5-9H2,1-4H3. The summed E-state index contributed by atoms with van der Waals surface area (Å²) in [4.78, 5) is 4.51. The van der Waals surface area contributed by atoms with Crippen LogP contribution in [0.5, 0.6) is 0 Å². The van der Waals surface area contributed by atoms with E-state index in [-0.39, 0.29) is 5.54 Å². The fraction of sp³-hybridized carbons (Fsp3) is 0.786. The van der Waals surface area contributed by atoms with Gasteiger partial charge in [-0.2, -0.15) is 0 Å². The SMILES string of the molecule is CC(C)(C)NCc1cn(C2(C)CCCC2)cn1. The maximum atomic E-state index is 4.51. The molecule has 0 unspecified atom stereocenters. The molecule has 0 saturated heterocycles. The van der Waals surface area contributed by atoms with Gasteiger partial charge in [0.05, 0.1) is 12.0 Å². The normalized spacial score (nSPS) is 19.8. The molecule has 0 radical (unpaired) electrons. The Morgan fingerprint density at radius 2 is 2.00 bits per heavy atom. The Bertz CT molecular complexity index is 367. The fourth-order valence-corrected chi connectivity index (χ4v) is 2.50. The maximum absolute atomic E-state index is 4.51. The molecule has 0 atom stereocenters. The van der Waals surface area contributed by atoms with Gasteiger partial charge in [-0.1, -0.05) is 12.8 Å². The molecule has 0 bridgehead atoms. The number of aromatic nitrogens is 2. The number of hydrogen-bond donors (Lipinski definition) is 1. The first-order valence-corrected chi connectivity index (χ1v) is 6.67. The highest BCUT2D eigenvalue weighted by Crippen LogP contribution is 2.35. The molecule has 1 fully saturated rings. The van der Waals surface area contributed by atoms with Crippen molar-refractivity contribution in [2.24, 2.45) is 0 Å². The largest absolute Gasteiger partial charge is 0.331 e. The van der Waals surface area contributed by atoms with Crippen LogP contribution in [0.4, 0.5) is 0 Å². The van der Waals surface area contributed by atoms with Gasteiger partial charge in [0.15, 0.2) is 0 Å². The Labute approximate surface area is 105 Å². The van der Waals surface area contributed by atoms with Crippen LogP contribution in [0.15, 0.2) is 12.5 Å². The van der Waals surface area contributed by atoms with Crippen LogP contribution < -0.4 is 5.32 Å². The minimum absolute atomic E-state index is 0.154. The van der Waals surface area contributed by atoms with Crippen molar-refractivity contribution in [2.45, 2.75) is 71.0 Å². The van der Waals surface area contributed by atoms with Crippen molar-refractivity contribution in [3.05, 3.63) is 18.2 Å². The van der Waals surface area contributed by atoms with E-state index in [1.807, 2.05) is 6.33 Å². The molecule has 0 aliphatic heterocycles. The molecule has 1 aliphatic carbocycles. The highest BCUT2D eigenvalue weighted by molar-refractivity contribution is 5.02. The number of nitrogens with one attached hydrogen (secondary N) is 1. The van der Waals surface area contributed by atoms with Crippen LogP contribution in [-0.2, 0) is 12.1 Å². The van der Waals surface area contributed by atoms with Gasteiger partial charge in [-0.15, -0.1) is 0 Å². The molecule has 3 nitrogen and oxygen atoms in total. The molecule has 1 heterocycles. The first-order chi connectivity index (χ1) is 7.89. The third-order valence-electron chi connectivity index (χ3n) is 3.74. The zero-order valence-corrected chi connectivity index (χ0v) is 11.6. The van der Waals surface area contributed by atoms with Crippen LogP contribution in [0.1, 0.15) is 59.1 Å². The summed E-state index contributed by atoms with van der Waals surface area (Å²) in [5, 5.41) is 3.48. The van der Waals surface area contributed by atoms with E-state index in [4.69, 9.17) is 0 Å². The van der Waals surface area contributed by atoms with Crippen LogP contribution in [0.25, 0.3) is 0 Å². The summed E-state index contributed by atoms with van der Waals surface area (Å²) in [5.41, 5.74) is 1.61. The van der Waals surface area contributed by atoms with Gasteiger partial charge in [-0.3, -0.25) is 0 Å². The van der Waals surface area contributed by atoms with Crippen molar-refractivity contribution in [2.75, 3.05) is 0 Å². The predicted molar refractivity (Wildman–Crippen MR) is 70.9 cm³/mol. The van der Waals surface area contributed by atoms with Crippen LogP contribution in [-0.4, -0.2) is 15.1 Å². The number of hydrogen-bond acceptors (Lipinski definition) is 2. The second-order valence-electron chi connectivity index (χ2n) is 6.58. The summed E-state index contributed by atoms with van der Waals surface area (Å²) in [6.45, 7) is 9.75. The molecule has 96 valence electrons. The lowest BCUT2D eigenvalue weighted by atomic mass is 10.0. The van der Waals surface area contributed by atoms with E-state index in [1.165, 1.54) is 25.7 Å². The number of nitrogens with zero attached hydrogens (tertiary/aromatic N) is 2. The minimum atomic E-state index is 0.154. The van der Waals surface area contributed by atoms with E-state index in [0.717, 1.165) is 12.2 Å². The number of imidazole rings is 1. The molecule has 1 aliphatic rings. The minimum Gasteiger partial charge on any atom is -0.331 e. The van der Waals surface area contributed by atoms with Gasteiger partial charge < -0.3 is 9.88 Å². The Kier molecular flexibility index (Phi) is 3.30. The van der Waals surface area contributed by atoms with Crippen LogP contribution in [0.2, 0.25) is 0 Å². The molecule has 0 amide bonds. The van der Waals surface area contributed by atoms with Crippen LogP contribution in [0, 0.1) is 0 Å². The summed E-state index contributed by atoms with van der Waals surface area (Å²) in [7, 11) is 0. The first-order valence-electron chi connectivity index (χ1n) is 6.67. The summed E-state index contributed by atoms with van der Waals surface area (Å²) < 4.78 is 2.32. The van der Waals surface area contributed by atoms with Gasteiger partial charge in [0.25, 0.3) is 0 Å². The van der Waals surface area contributed by atoms with E-state index in [2.05, 4.69) is 48.8 Å². The topological polar surface area (TPSA) is 29.9 Å². The van der Waals surface area contributed by atoms with Gasteiger partial charge in [0.1, 0.15) is 0 Å². The molecule has 2 rings (SSSR count). The van der Waals surface area contributed by atoms with Crippen molar-refractivity contribution in [1.82, 2.24) is 14.9 Å². The zero-order valence-electron chi connectivity index (χ0n) is 11.6. The van der Waals surface area contributed by atoms with Crippen molar-refractivity contribution in [3.8, 4) is 0 Å². The monoisotopic (exact) mass is 235 g/mol. The summed E-state index contributed by atoms with van der Waals surface area (Å²) in [5.74, 6) is 0. The molecular formula is C14H25N3. The predicted octanol–water partition coefficient (Wildman–Crippen LogP) is 3.06. The smallest absolute Gasteiger partial charge is 0.0955 e. The summed E-state index contributed by atoms with van der Waals surface area (Å²) in [6, 6.07) is 0. The molecule has 3 heteroatoms. The van der Waals surface area contributed by atoms with Gasteiger partial charge in [-0.25, -0.2) is 4.98 Å². The van der Waals surface area contributed by atoms with Gasteiger partial charge in [-0.05, 0) is 40.5 Å². The average Bonchev–Trinajstić information content (AvgIpc) is 2.83. The van der Waals surface area contributed by atoms with E-state index >= 15 is 0 Å². The van der Waals surface area contributed by atoms with Crippen molar-refractivity contribution in [1.29, 1.82) is 0 Å². The highest BCUT2D eigenvalue weighted by Gasteiger charge is 2.30. The summed E-state index contributed by atoms with van der Waals surface area (Å²) >= 11 is 0. The molecule has 1 aromatic heterocycles. The lowest BCUT2D eigenvalue weighted by Gasteiger charge is -2.25. The van der Waals surface area contributed by atoms with Gasteiger partial charge >= 0.3 is 0 Å². The average molecular weight is 235 g/mol. The van der Waals surface area contributed by atoms with E-state index in [1.54, 1.807) is 0 Å². The third kappa shape index (κ3) is 3.09. The van der Waals surface area contributed by atoms with Crippen molar-refractivity contribution in [3.63, 3.8) is 0 Å². The van der Waals surface area contributed by atoms with E-state index < -0.39 is 0 Å². The molecule has 1 saturated carbocycles. The third-order valence-corrected chi connectivity index (χ3v) is 3.74. The van der Waals surface area contributed by atoms with Crippen LogP contribution >= 0.6 is 0 Å².